The van der Waals surface area contributed by atoms with Crippen LogP contribution < -0.4 is 10.6 Å². The molecule has 0 saturated carbocycles. The van der Waals surface area contributed by atoms with Crippen molar-refractivity contribution in [2.75, 3.05) is 33.2 Å². The Hall–Kier alpha value is -2.34. The van der Waals surface area contributed by atoms with Crippen LogP contribution in [0, 0.1) is 5.92 Å². The SMILES string of the molecule is CN=C(NCCc1nc2ccccc2[nH]1)NCC1CCN(S(=O)(=O)C(F)(F)F)CC1. The summed E-state index contributed by atoms with van der Waals surface area (Å²) in [6.07, 6.45) is 1.39. The van der Waals surface area contributed by atoms with Gasteiger partial charge in [-0.2, -0.15) is 17.5 Å². The van der Waals surface area contributed by atoms with Gasteiger partial charge in [0, 0.05) is 39.6 Å². The summed E-state index contributed by atoms with van der Waals surface area (Å²) in [5, 5.41) is 6.33. The molecule has 166 valence electrons. The summed E-state index contributed by atoms with van der Waals surface area (Å²) in [7, 11) is -3.61. The molecule has 0 unspecified atom stereocenters. The molecule has 0 radical (unpaired) electrons. The maximum atomic E-state index is 12.6. The molecular formula is C18H25F3N6O2S. The molecule has 0 aliphatic carbocycles. The van der Waals surface area contributed by atoms with E-state index in [1.807, 2.05) is 24.3 Å². The molecule has 2 aromatic rings. The van der Waals surface area contributed by atoms with Crippen LogP contribution in [0.25, 0.3) is 11.0 Å². The number of sulfonamides is 1. The number of fused-ring (bicyclic) bond motifs is 1. The predicted molar refractivity (Wildman–Crippen MR) is 108 cm³/mol. The lowest BCUT2D eigenvalue weighted by molar-refractivity contribution is -0.0496. The fourth-order valence-corrected chi connectivity index (χ4v) is 4.37. The third-order valence-corrected chi connectivity index (χ3v) is 6.71. The average molecular weight is 446 g/mol. The Kier molecular flexibility index (Phi) is 6.86. The van der Waals surface area contributed by atoms with Gasteiger partial charge in [0.2, 0.25) is 0 Å². The maximum absolute atomic E-state index is 12.6. The highest BCUT2D eigenvalue weighted by Gasteiger charge is 2.50. The van der Waals surface area contributed by atoms with Crippen molar-refractivity contribution in [3.05, 3.63) is 30.1 Å². The van der Waals surface area contributed by atoms with Crippen molar-refractivity contribution in [2.24, 2.45) is 10.9 Å². The number of piperidine rings is 1. The normalized spacial score (nSPS) is 17.4. The highest BCUT2D eigenvalue weighted by atomic mass is 32.2. The van der Waals surface area contributed by atoms with E-state index in [2.05, 4.69) is 25.6 Å². The summed E-state index contributed by atoms with van der Waals surface area (Å²) in [6.45, 7) is 0.838. The lowest BCUT2D eigenvalue weighted by Crippen LogP contribution is -2.47. The van der Waals surface area contributed by atoms with Crippen LogP contribution in [0.5, 0.6) is 0 Å². The Balaban J connectivity index is 1.40. The largest absolute Gasteiger partial charge is 0.511 e. The van der Waals surface area contributed by atoms with Crippen LogP contribution in [0.1, 0.15) is 18.7 Å². The number of nitrogens with zero attached hydrogens (tertiary/aromatic N) is 3. The fourth-order valence-electron chi connectivity index (χ4n) is 3.39. The zero-order valence-electron chi connectivity index (χ0n) is 16.5. The molecule has 3 rings (SSSR count). The fraction of sp³-hybridized carbons (Fsp3) is 0.556. The zero-order valence-corrected chi connectivity index (χ0v) is 17.4. The number of aliphatic imine (C=N–C) groups is 1. The molecule has 1 aromatic carbocycles. The van der Waals surface area contributed by atoms with Crippen LogP contribution in [0.4, 0.5) is 13.2 Å². The highest BCUT2D eigenvalue weighted by Crippen LogP contribution is 2.30. The van der Waals surface area contributed by atoms with Gasteiger partial charge in [0.05, 0.1) is 11.0 Å². The molecule has 30 heavy (non-hydrogen) atoms. The Labute approximate surface area is 173 Å². The first-order chi connectivity index (χ1) is 14.2. The number of hydrogen-bond donors (Lipinski definition) is 3. The van der Waals surface area contributed by atoms with Gasteiger partial charge in [-0.25, -0.2) is 13.4 Å². The highest BCUT2D eigenvalue weighted by molar-refractivity contribution is 7.90. The van der Waals surface area contributed by atoms with Crippen molar-refractivity contribution in [1.29, 1.82) is 0 Å². The van der Waals surface area contributed by atoms with E-state index in [0.717, 1.165) is 16.9 Å². The zero-order chi connectivity index (χ0) is 21.8. The number of para-hydroxylation sites is 2. The smallest absolute Gasteiger partial charge is 0.356 e. The molecule has 0 amide bonds. The summed E-state index contributed by atoms with van der Waals surface area (Å²) >= 11 is 0. The number of aromatic nitrogens is 2. The van der Waals surface area contributed by atoms with E-state index >= 15 is 0 Å². The summed E-state index contributed by atoms with van der Waals surface area (Å²) in [5.74, 6) is 1.51. The van der Waals surface area contributed by atoms with E-state index < -0.39 is 15.5 Å². The Bertz CT molecular complexity index is 948. The number of halogens is 3. The van der Waals surface area contributed by atoms with Gasteiger partial charge in [0.25, 0.3) is 0 Å². The molecular weight excluding hydrogens is 421 g/mol. The molecule has 0 bridgehead atoms. The minimum atomic E-state index is -5.25. The standard InChI is InChI=1S/C18H25F3N6O2S/c1-22-17(23-9-6-16-25-14-4-2-3-5-15(14)26-16)24-12-13-7-10-27(11-8-13)30(28,29)18(19,20)21/h2-5,13H,6-12H2,1H3,(H,25,26)(H2,22,23,24). The van der Waals surface area contributed by atoms with Gasteiger partial charge in [0.1, 0.15) is 5.82 Å². The summed E-state index contributed by atoms with van der Waals surface area (Å²) in [5.41, 5.74) is -3.35. The quantitative estimate of drug-likeness (QED) is 0.464. The monoisotopic (exact) mass is 446 g/mol. The molecule has 3 N–H and O–H groups in total. The number of rotatable bonds is 6. The van der Waals surface area contributed by atoms with E-state index in [9.17, 15) is 21.6 Å². The van der Waals surface area contributed by atoms with E-state index in [-0.39, 0.29) is 19.0 Å². The van der Waals surface area contributed by atoms with E-state index in [1.165, 1.54) is 0 Å². The van der Waals surface area contributed by atoms with Crippen molar-refractivity contribution in [3.63, 3.8) is 0 Å². The number of guanidine groups is 1. The number of hydrogen-bond acceptors (Lipinski definition) is 4. The Morgan fingerprint density at radius 3 is 2.60 bits per heavy atom. The van der Waals surface area contributed by atoms with Crippen LogP contribution in [0.2, 0.25) is 0 Å². The van der Waals surface area contributed by atoms with Crippen molar-refractivity contribution < 1.29 is 21.6 Å². The topological polar surface area (TPSA) is 102 Å². The predicted octanol–water partition coefficient (Wildman–Crippen LogP) is 1.83. The van der Waals surface area contributed by atoms with Crippen LogP contribution in [0.3, 0.4) is 0 Å². The average Bonchev–Trinajstić information content (AvgIpc) is 3.13. The van der Waals surface area contributed by atoms with Crippen LogP contribution in [0.15, 0.2) is 29.3 Å². The van der Waals surface area contributed by atoms with E-state index in [4.69, 9.17) is 0 Å². The maximum Gasteiger partial charge on any atom is 0.511 e. The lowest BCUT2D eigenvalue weighted by atomic mass is 9.98. The lowest BCUT2D eigenvalue weighted by Gasteiger charge is -2.31. The second-order valence-electron chi connectivity index (χ2n) is 7.12. The molecule has 1 saturated heterocycles. The van der Waals surface area contributed by atoms with Crippen molar-refractivity contribution in [3.8, 4) is 0 Å². The second kappa shape index (κ2) is 9.21. The third kappa shape index (κ3) is 5.22. The summed E-state index contributed by atoms with van der Waals surface area (Å²) in [6, 6.07) is 7.77. The number of alkyl halides is 3. The number of aromatic amines is 1. The van der Waals surface area contributed by atoms with Crippen LogP contribution >= 0.6 is 0 Å². The Morgan fingerprint density at radius 2 is 1.97 bits per heavy atom. The Morgan fingerprint density at radius 1 is 1.27 bits per heavy atom. The van der Waals surface area contributed by atoms with Gasteiger partial charge in [-0.05, 0) is 30.9 Å². The molecule has 8 nitrogen and oxygen atoms in total. The van der Waals surface area contributed by atoms with Gasteiger partial charge < -0.3 is 15.6 Å². The van der Waals surface area contributed by atoms with Crippen LogP contribution in [-0.2, 0) is 16.4 Å². The second-order valence-corrected chi connectivity index (χ2v) is 9.05. The van der Waals surface area contributed by atoms with Gasteiger partial charge >= 0.3 is 15.5 Å². The molecule has 1 aliphatic rings. The summed E-state index contributed by atoms with van der Waals surface area (Å²) in [4.78, 5) is 11.9. The van der Waals surface area contributed by atoms with Crippen molar-refractivity contribution in [2.45, 2.75) is 24.8 Å². The molecule has 1 aliphatic heterocycles. The van der Waals surface area contributed by atoms with Crippen molar-refractivity contribution in [1.82, 2.24) is 24.9 Å². The first kappa shape index (κ1) is 22.3. The molecule has 1 fully saturated rings. The minimum Gasteiger partial charge on any atom is -0.356 e. The van der Waals surface area contributed by atoms with Gasteiger partial charge in [-0.3, -0.25) is 4.99 Å². The van der Waals surface area contributed by atoms with Gasteiger partial charge in [0.15, 0.2) is 5.96 Å². The summed E-state index contributed by atoms with van der Waals surface area (Å²) < 4.78 is 61.4. The third-order valence-electron chi connectivity index (χ3n) is 5.08. The van der Waals surface area contributed by atoms with Gasteiger partial charge in [-0.15, -0.1) is 0 Å². The number of H-pyrrole nitrogens is 1. The number of nitrogens with one attached hydrogen (secondary N) is 3. The van der Waals surface area contributed by atoms with E-state index in [0.29, 0.717) is 42.6 Å². The number of imidazole rings is 1. The molecule has 12 heteroatoms. The van der Waals surface area contributed by atoms with Crippen LogP contribution in [-0.4, -0.2) is 67.4 Å². The van der Waals surface area contributed by atoms with Crippen molar-refractivity contribution >= 4 is 27.0 Å². The molecule has 1 aromatic heterocycles. The number of benzene rings is 1. The minimum absolute atomic E-state index is 0.0682. The first-order valence-electron chi connectivity index (χ1n) is 9.65. The molecule has 0 atom stereocenters. The molecule has 0 spiro atoms. The van der Waals surface area contributed by atoms with Gasteiger partial charge in [-0.1, -0.05) is 12.1 Å². The molecule has 2 heterocycles. The van der Waals surface area contributed by atoms with E-state index in [1.54, 1.807) is 7.05 Å². The first-order valence-corrected chi connectivity index (χ1v) is 11.1.